The van der Waals surface area contributed by atoms with Gasteiger partial charge in [0.2, 0.25) is 0 Å². The molecule has 1 atom stereocenters. The fraction of sp³-hybridized carbons (Fsp3) is 0.588. The maximum atomic E-state index is 13.0. The Hall–Kier alpha value is -1.56. The molecule has 2 aliphatic rings. The molecule has 1 aromatic rings. The number of carbonyl (C=O) groups is 1. The Labute approximate surface area is 137 Å². The Bertz CT molecular complexity index is 744. The summed E-state index contributed by atoms with van der Waals surface area (Å²) in [7, 11) is -3.02. The van der Waals surface area contributed by atoms with E-state index in [4.69, 9.17) is 0 Å². The molecule has 2 heterocycles. The van der Waals surface area contributed by atoms with Gasteiger partial charge >= 0.3 is 0 Å². The van der Waals surface area contributed by atoms with E-state index in [1.54, 1.807) is 11.0 Å². The summed E-state index contributed by atoms with van der Waals surface area (Å²) >= 11 is 0. The third-order valence-electron chi connectivity index (χ3n) is 4.86. The van der Waals surface area contributed by atoms with Crippen LogP contribution in [0.2, 0.25) is 0 Å². The van der Waals surface area contributed by atoms with Crippen molar-refractivity contribution < 1.29 is 13.2 Å². The van der Waals surface area contributed by atoms with Gasteiger partial charge in [-0.2, -0.15) is 0 Å². The van der Waals surface area contributed by atoms with E-state index in [0.717, 1.165) is 11.4 Å². The van der Waals surface area contributed by atoms with Gasteiger partial charge in [0.05, 0.1) is 17.1 Å². The van der Waals surface area contributed by atoms with E-state index in [1.807, 2.05) is 19.9 Å². The standard InChI is InChI=1S/C17H24N2O3S/c1-4-8-18(15-7-9-23(21,22)11-15)17(20)16-10-12(2)19(13(16)3)14-5-6-14/h4,10,14-15H,1,5-9,11H2,2-3H3. The van der Waals surface area contributed by atoms with E-state index in [-0.39, 0.29) is 23.5 Å². The summed E-state index contributed by atoms with van der Waals surface area (Å²) in [4.78, 5) is 14.7. The van der Waals surface area contributed by atoms with Crippen LogP contribution in [0.5, 0.6) is 0 Å². The summed E-state index contributed by atoms with van der Waals surface area (Å²) in [5.41, 5.74) is 2.79. The highest BCUT2D eigenvalue weighted by atomic mass is 32.2. The van der Waals surface area contributed by atoms with Gasteiger partial charge < -0.3 is 9.47 Å². The highest BCUT2D eigenvalue weighted by Gasteiger charge is 2.36. The van der Waals surface area contributed by atoms with Crippen molar-refractivity contribution in [2.45, 2.75) is 45.2 Å². The molecule has 1 aromatic heterocycles. The average Bonchev–Trinajstić information content (AvgIpc) is 3.18. The maximum absolute atomic E-state index is 13.0. The summed E-state index contributed by atoms with van der Waals surface area (Å²) in [6, 6.07) is 2.22. The van der Waals surface area contributed by atoms with Gasteiger partial charge in [-0.25, -0.2) is 8.42 Å². The molecule has 0 radical (unpaired) electrons. The molecule has 0 spiro atoms. The summed E-state index contributed by atoms with van der Waals surface area (Å²) in [5.74, 6) is 0.153. The smallest absolute Gasteiger partial charge is 0.256 e. The molecular formula is C17H24N2O3S. The average molecular weight is 336 g/mol. The normalized spacial score (nSPS) is 23.0. The van der Waals surface area contributed by atoms with Crippen LogP contribution in [0.25, 0.3) is 0 Å². The Balaban J connectivity index is 1.90. The lowest BCUT2D eigenvalue weighted by Crippen LogP contribution is -2.41. The van der Waals surface area contributed by atoms with Crippen LogP contribution in [-0.4, -0.2) is 47.9 Å². The largest absolute Gasteiger partial charge is 0.345 e. The number of rotatable bonds is 5. The molecule has 1 aliphatic heterocycles. The van der Waals surface area contributed by atoms with Gasteiger partial charge in [0.15, 0.2) is 9.84 Å². The Kier molecular flexibility index (Phi) is 4.12. The lowest BCUT2D eigenvalue weighted by Gasteiger charge is -2.27. The molecule has 0 N–H and O–H groups in total. The molecule has 23 heavy (non-hydrogen) atoms. The number of nitrogens with zero attached hydrogens (tertiary/aromatic N) is 2. The van der Waals surface area contributed by atoms with Crippen LogP contribution in [0.15, 0.2) is 18.7 Å². The molecule has 0 bridgehead atoms. The van der Waals surface area contributed by atoms with E-state index in [0.29, 0.717) is 24.6 Å². The summed E-state index contributed by atoms with van der Waals surface area (Å²) in [5, 5.41) is 0. The second kappa shape index (κ2) is 5.82. The van der Waals surface area contributed by atoms with Gasteiger partial charge in [-0.3, -0.25) is 4.79 Å². The van der Waals surface area contributed by atoms with E-state index >= 15 is 0 Å². The summed E-state index contributed by atoms with van der Waals surface area (Å²) in [6.45, 7) is 8.11. The van der Waals surface area contributed by atoms with Crippen LogP contribution in [-0.2, 0) is 9.84 Å². The zero-order valence-electron chi connectivity index (χ0n) is 13.8. The van der Waals surface area contributed by atoms with E-state index in [2.05, 4.69) is 11.1 Å². The number of amides is 1. The van der Waals surface area contributed by atoms with Gasteiger partial charge in [0, 0.05) is 30.0 Å². The topological polar surface area (TPSA) is 59.4 Å². The number of hydrogen-bond acceptors (Lipinski definition) is 3. The molecule has 1 saturated carbocycles. The molecule has 1 unspecified atom stereocenters. The van der Waals surface area contributed by atoms with Crippen LogP contribution in [0.3, 0.4) is 0 Å². The lowest BCUT2D eigenvalue weighted by molar-refractivity contribution is 0.0720. The zero-order chi connectivity index (χ0) is 16.8. The van der Waals surface area contributed by atoms with Gasteiger partial charge in [-0.15, -0.1) is 6.58 Å². The molecule has 0 aromatic carbocycles. The Morgan fingerprint density at radius 2 is 2.09 bits per heavy atom. The van der Waals surface area contributed by atoms with Crippen molar-refractivity contribution in [1.29, 1.82) is 0 Å². The van der Waals surface area contributed by atoms with Crippen LogP contribution in [0, 0.1) is 13.8 Å². The fourth-order valence-electron chi connectivity index (χ4n) is 3.60. The number of aryl methyl sites for hydroxylation is 1. The molecule has 1 aliphatic carbocycles. The van der Waals surface area contributed by atoms with Crippen LogP contribution in [0.4, 0.5) is 0 Å². The second-order valence-electron chi connectivity index (χ2n) is 6.69. The molecule has 3 rings (SSSR count). The predicted molar refractivity (Wildman–Crippen MR) is 90.5 cm³/mol. The van der Waals surface area contributed by atoms with Gasteiger partial charge in [-0.05, 0) is 39.2 Å². The van der Waals surface area contributed by atoms with Crippen molar-refractivity contribution in [3.63, 3.8) is 0 Å². The quantitative estimate of drug-likeness (QED) is 0.775. The number of sulfone groups is 1. The summed E-state index contributed by atoms with van der Waals surface area (Å²) in [6.07, 6.45) is 4.52. The fourth-order valence-corrected chi connectivity index (χ4v) is 5.33. The zero-order valence-corrected chi connectivity index (χ0v) is 14.6. The third-order valence-corrected chi connectivity index (χ3v) is 6.61. The van der Waals surface area contributed by atoms with Gasteiger partial charge in [-0.1, -0.05) is 6.08 Å². The molecule has 1 amide bonds. The first-order valence-electron chi connectivity index (χ1n) is 8.15. The van der Waals surface area contributed by atoms with Crippen molar-refractivity contribution >= 4 is 15.7 Å². The third kappa shape index (κ3) is 3.09. The predicted octanol–water partition coefficient (Wildman–Crippen LogP) is 2.26. The monoisotopic (exact) mass is 336 g/mol. The second-order valence-corrected chi connectivity index (χ2v) is 8.92. The molecule has 1 saturated heterocycles. The van der Waals surface area contributed by atoms with E-state index < -0.39 is 9.84 Å². The molecule has 5 nitrogen and oxygen atoms in total. The molecule has 2 fully saturated rings. The van der Waals surface area contributed by atoms with Gasteiger partial charge in [0.1, 0.15) is 0 Å². The van der Waals surface area contributed by atoms with Crippen molar-refractivity contribution in [2.75, 3.05) is 18.1 Å². The number of carbonyl (C=O) groups excluding carboxylic acids is 1. The van der Waals surface area contributed by atoms with E-state index in [1.165, 1.54) is 12.8 Å². The van der Waals surface area contributed by atoms with Crippen molar-refractivity contribution in [3.05, 3.63) is 35.7 Å². The molecular weight excluding hydrogens is 312 g/mol. The van der Waals surface area contributed by atoms with Crippen molar-refractivity contribution in [1.82, 2.24) is 9.47 Å². The molecule has 6 heteroatoms. The van der Waals surface area contributed by atoms with Crippen molar-refractivity contribution in [2.24, 2.45) is 0 Å². The Morgan fingerprint density at radius 3 is 2.61 bits per heavy atom. The SMILES string of the molecule is C=CCN(C(=O)c1cc(C)n(C2CC2)c1C)C1CCS(=O)(=O)C1. The van der Waals surface area contributed by atoms with E-state index in [9.17, 15) is 13.2 Å². The minimum absolute atomic E-state index is 0.0634. The highest BCUT2D eigenvalue weighted by Crippen LogP contribution is 2.38. The number of aromatic nitrogens is 1. The van der Waals surface area contributed by atoms with Crippen LogP contribution in [0.1, 0.15) is 47.1 Å². The first-order chi connectivity index (χ1) is 10.8. The van der Waals surface area contributed by atoms with Crippen LogP contribution < -0.4 is 0 Å². The minimum atomic E-state index is -3.02. The maximum Gasteiger partial charge on any atom is 0.256 e. The Morgan fingerprint density at radius 1 is 1.39 bits per heavy atom. The summed E-state index contributed by atoms with van der Waals surface area (Å²) < 4.78 is 25.8. The lowest BCUT2D eigenvalue weighted by atomic mass is 10.1. The first kappa shape index (κ1) is 16.3. The van der Waals surface area contributed by atoms with Crippen molar-refractivity contribution in [3.8, 4) is 0 Å². The molecule has 126 valence electrons. The number of hydrogen-bond donors (Lipinski definition) is 0. The minimum Gasteiger partial charge on any atom is -0.345 e. The van der Waals surface area contributed by atoms with Gasteiger partial charge in [0.25, 0.3) is 5.91 Å². The van der Waals surface area contributed by atoms with Crippen LogP contribution >= 0.6 is 0 Å². The first-order valence-corrected chi connectivity index (χ1v) is 9.97. The highest BCUT2D eigenvalue weighted by molar-refractivity contribution is 7.91.